The number of amides is 1. The molecular weight excluding hydrogens is 240 g/mol. The lowest BCUT2D eigenvalue weighted by molar-refractivity contribution is -0.116. The molecule has 1 aromatic heterocycles. The lowest BCUT2D eigenvalue weighted by Crippen LogP contribution is -2.14. The molecule has 0 unspecified atom stereocenters. The van der Waals surface area contributed by atoms with Crippen molar-refractivity contribution in [1.82, 2.24) is 9.78 Å². The van der Waals surface area contributed by atoms with Crippen molar-refractivity contribution in [2.75, 3.05) is 11.2 Å². The summed E-state index contributed by atoms with van der Waals surface area (Å²) in [5, 5.41) is 15.8. The number of nitrogens with zero attached hydrogens (tertiary/aromatic N) is 3. The van der Waals surface area contributed by atoms with E-state index in [-0.39, 0.29) is 5.91 Å². The number of carbonyl (C=O) groups is 1. The highest BCUT2D eigenvalue weighted by Gasteiger charge is 2.14. The molecule has 0 aliphatic heterocycles. The van der Waals surface area contributed by atoms with Gasteiger partial charge >= 0.3 is 0 Å². The minimum Gasteiger partial charge on any atom is -0.310 e. The fraction of sp³-hybridized carbons (Fsp3) is 0.545. The van der Waals surface area contributed by atoms with Gasteiger partial charge in [0.25, 0.3) is 0 Å². The molecule has 92 valence electrons. The summed E-state index contributed by atoms with van der Waals surface area (Å²) in [4.78, 5) is 11.6. The van der Waals surface area contributed by atoms with E-state index in [1.807, 2.05) is 6.07 Å². The molecular formula is C11H15ClN4O. The van der Waals surface area contributed by atoms with E-state index in [0.717, 1.165) is 12.8 Å². The highest BCUT2D eigenvalue weighted by atomic mass is 35.5. The van der Waals surface area contributed by atoms with Gasteiger partial charge < -0.3 is 5.32 Å². The lowest BCUT2D eigenvalue weighted by atomic mass is 10.2. The van der Waals surface area contributed by atoms with Crippen LogP contribution in [-0.4, -0.2) is 21.6 Å². The summed E-state index contributed by atoms with van der Waals surface area (Å²) in [6, 6.07) is 2.04. The molecule has 1 rings (SSSR count). The maximum atomic E-state index is 11.6. The summed E-state index contributed by atoms with van der Waals surface area (Å²) >= 11 is 5.53. The van der Waals surface area contributed by atoms with Crippen LogP contribution >= 0.6 is 11.6 Å². The average Bonchev–Trinajstić information content (AvgIpc) is 2.54. The molecule has 1 N–H and O–H groups in total. The molecule has 0 saturated carbocycles. The summed E-state index contributed by atoms with van der Waals surface area (Å²) in [6.45, 7) is 1.74. The number of aromatic nitrogens is 2. The number of alkyl halides is 1. The van der Waals surface area contributed by atoms with Gasteiger partial charge in [0.05, 0.1) is 5.69 Å². The van der Waals surface area contributed by atoms with Crippen molar-refractivity contribution in [2.24, 2.45) is 7.05 Å². The summed E-state index contributed by atoms with van der Waals surface area (Å²) in [7, 11) is 1.70. The van der Waals surface area contributed by atoms with Gasteiger partial charge in [-0.25, -0.2) is 0 Å². The van der Waals surface area contributed by atoms with Crippen LogP contribution in [0.25, 0.3) is 0 Å². The number of nitrogens with one attached hydrogen (secondary N) is 1. The van der Waals surface area contributed by atoms with Gasteiger partial charge in [-0.2, -0.15) is 10.4 Å². The Morgan fingerprint density at radius 2 is 2.29 bits per heavy atom. The summed E-state index contributed by atoms with van der Waals surface area (Å²) in [6.07, 6.45) is 1.96. The van der Waals surface area contributed by atoms with Crippen LogP contribution in [0.3, 0.4) is 0 Å². The molecule has 0 saturated heterocycles. The zero-order valence-electron chi connectivity index (χ0n) is 9.96. The quantitative estimate of drug-likeness (QED) is 0.645. The molecule has 0 atom stereocenters. The van der Waals surface area contributed by atoms with E-state index in [1.54, 1.807) is 14.0 Å². The van der Waals surface area contributed by atoms with Gasteiger partial charge in [0.2, 0.25) is 5.91 Å². The van der Waals surface area contributed by atoms with Crippen molar-refractivity contribution in [3.63, 3.8) is 0 Å². The number of nitriles is 1. The summed E-state index contributed by atoms with van der Waals surface area (Å²) < 4.78 is 1.51. The first-order valence-corrected chi connectivity index (χ1v) is 5.93. The zero-order valence-corrected chi connectivity index (χ0v) is 10.7. The Kier molecular flexibility index (Phi) is 4.98. The molecule has 0 bridgehead atoms. The minimum atomic E-state index is -0.116. The average molecular weight is 255 g/mol. The molecule has 1 amide bonds. The van der Waals surface area contributed by atoms with Crippen LogP contribution in [-0.2, 0) is 11.8 Å². The highest BCUT2D eigenvalue weighted by Crippen LogP contribution is 2.17. The predicted molar refractivity (Wildman–Crippen MR) is 65.9 cm³/mol. The molecule has 0 aliphatic rings. The van der Waals surface area contributed by atoms with Crippen molar-refractivity contribution in [2.45, 2.75) is 26.2 Å². The minimum absolute atomic E-state index is 0.116. The van der Waals surface area contributed by atoms with Gasteiger partial charge in [0, 0.05) is 19.3 Å². The van der Waals surface area contributed by atoms with Crippen LogP contribution in [0, 0.1) is 18.3 Å². The number of rotatable bonds is 5. The van der Waals surface area contributed by atoms with Crippen LogP contribution in [0.1, 0.15) is 30.5 Å². The Hall–Kier alpha value is -1.54. The number of anilines is 1. The normalized spacial score (nSPS) is 10.0. The second-order valence-corrected chi connectivity index (χ2v) is 4.12. The monoisotopic (exact) mass is 254 g/mol. The van der Waals surface area contributed by atoms with Crippen molar-refractivity contribution >= 4 is 23.3 Å². The Bertz CT molecular complexity index is 447. The first-order valence-electron chi connectivity index (χ1n) is 5.39. The van der Waals surface area contributed by atoms with Gasteiger partial charge in [-0.3, -0.25) is 9.48 Å². The lowest BCUT2D eigenvalue weighted by Gasteiger charge is -2.05. The topological polar surface area (TPSA) is 70.7 Å². The SMILES string of the molecule is Cc1nn(C)c(NC(=O)CCCCCl)c1C#N. The van der Waals surface area contributed by atoms with Crippen LogP contribution in [0.5, 0.6) is 0 Å². The van der Waals surface area contributed by atoms with Crippen molar-refractivity contribution < 1.29 is 4.79 Å². The maximum Gasteiger partial charge on any atom is 0.225 e. The molecule has 5 nitrogen and oxygen atoms in total. The van der Waals surface area contributed by atoms with Gasteiger partial charge in [-0.1, -0.05) is 0 Å². The first kappa shape index (κ1) is 13.5. The number of hydrogen-bond donors (Lipinski definition) is 1. The Morgan fingerprint density at radius 3 is 2.88 bits per heavy atom. The van der Waals surface area contributed by atoms with Gasteiger partial charge in [0.15, 0.2) is 0 Å². The molecule has 6 heteroatoms. The number of hydrogen-bond acceptors (Lipinski definition) is 3. The van der Waals surface area contributed by atoms with Gasteiger partial charge in [-0.15, -0.1) is 11.6 Å². The van der Waals surface area contributed by atoms with Crippen LogP contribution in [0.2, 0.25) is 0 Å². The van der Waals surface area contributed by atoms with Gasteiger partial charge in [0.1, 0.15) is 17.5 Å². The number of carbonyl (C=O) groups excluding carboxylic acids is 1. The van der Waals surface area contributed by atoms with Crippen LogP contribution in [0.15, 0.2) is 0 Å². The van der Waals surface area contributed by atoms with E-state index < -0.39 is 0 Å². The summed E-state index contributed by atoms with van der Waals surface area (Å²) in [5.74, 6) is 0.900. The second kappa shape index (κ2) is 6.26. The van der Waals surface area contributed by atoms with E-state index in [2.05, 4.69) is 10.4 Å². The molecule has 0 fully saturated rings. The third kappa shape index (κ3) is 3.46. The Balaban J connectivity index is 2.69. The largest absolute Gasteiger partial charge is 0.310 e. The van der Waals surface area contributed by atoms with E-state index >= 15 is 0 Å². The molecule has 0 spiro atoms. The number of aryl methyl sites for hydroxylation is 2. The van der Waals surface area contributed by atoms with Crippen molar-refractivity contribution in [3.8, 4) is 6.07 Å². The van der Waals surface area contributed by atoms with E-state index in [9.17, 15) is 4.79 Å². The first-order chi connectivity index (χ1) is 8.10. The highest BCUT2D eigenvalue weighted by molar-refractivity contribution is 6.17. The molecule has 1 heterocycles. The second-order valence-electron chi connectivity index (χ2n) is 3.74. The fourth-order valence-corrected chi connectivity index (χ4v) is 1.70. The van der Waals surface area contributed by atoms with E-state index in [4.69, 9.17) is 16.9 Å². The summed E-state index contributed by atoms with van der Waals surface area (Å²) in [5.41, 5.74) is 1.03. The van der Waals surface area contributed by atoms with Crippen LogP contribution < -0.4 is 5.32 Å². The maximum absolute atomic E-state index is 11.6. The third-order valence-electron chi connectivity index (χ3n) is 2.38. The Labute approximate surface area is 105 Å². The van der Waals surface area contributed by atoms with Crippen LogP contribution in [0.4, 0.5) is 5.82 Å². The smallest absolute Gasteiger partial charge is 0.225 e. The Morgan fingerprint density at radius 1 is 1.59 bits per heavy atom. The molecule has 1 aromatic rings. The number of unbranched alkanes of at least 4 members (excludes halogenated alkanes) is 1. The van der Waals surface area contributed by atoms with E-state index in [0.29, 0.717) is 29.4 Å². The molecule has 0 radical (unpaired) electrons. The fourth-order valence-electron chi connectivity index (χ4n) is 1.51. The van der Waals surface area contributed by atoms with E-state index in [1.165, 1.54) is 4.68 Å². The molecule has 0 aliphatic carbocycles. The standard InChI is InChI=1S/C11H15ClN4O/c1-8-9(7-13)11(16(2)15-8)14-10(17)5-3-4-6-12/h3-6H2,1-2H3,(H,14,17). The number of halogens is 1. The van der Waals surface area contributed by atoms with Crippen molar-refractivity contribution in [3.05, 3.63) is 11.3 Å². The molecule has 17 heavy (non-hydrogen) atoms. The predicted octanol–water partition coefficient (Wildman–Crippen LogP) is 1.95. The zero-order chi connectivity index (χ0) is 12.8. The van der Waals surface area contributed by atoms with Gasteiger partial charge in [-0.05, 0) is 19.8 Å². The van der Waals surface area contributed by atoms with Crippen molar-refractivity contribution in [1.29, 1.82) is 5.26 Å². The third-order valence-corrected chi connectivity index (χ3v) is 2.65. The molecule has 0 aromatic carbocycles.